The molecule has 1 fully saturated rings. The van der Waals surface area contributed by atoms with Crippen molar-refractivity contribution < 1.29 is 4.39 Å². The van der Waals surface area contributed by atoms with Crippen molar-refractivity contribution in [2.75, 3.05) is 13.1 Å². The molecule has 0 aromatic heterocycles. The SMILES string of the molecule is C=C(c1cc(C#N)c(-c2ccc(C(C)(C)F)cc2)c(C#N)c1)N1CCC(C)CC1. The number of nitrogens with zero attached hydrogens (tertiary/aromatic N) is 3. The molecular weight excluding hydrogens is 361 g/mol. The van der Waals surface area contributed by atoms with Crippen LogP contribution in [0.25, 0.3) is 16.8 Å². The van der Waals surface area contributed by atoms with Gasteiger partial charge in [-0.1, -0.05) is 37.8 Å². The van der Waals surface area contributed by atoms with Crippen molar-refractivity contribution >= 4 is 5.70 Å². The molecule has 3 nitrogen and oxygen atoms in total. The van der Waals surface area contributed by atoms with Gasteiger partial charge in [0.1, 0.15) is 5.67 Å². The van der Waals surface area contributed by atoms with Gasteiger partial charge in [-0.15, -0.1) is 0 Å². The van der Waals surface area contributed by atoms with Gasteiger partial charge >= 0.3 is 0 Å². The monoisotopic (exact) mass is 387 g/mol. The summed E-state index contributed by atoms with van der Waals surface area (Å²) in [4.78, 5) is 2.23. The Labute approximate surface area is 172 Å². The zero-order chi connectivity index (χ0) is 21.2. The smallest absolute Gasteiger partial charge is 0.130 e. The fraction of sp³-hybridized carbons (Fsp3) is 0.360. The number of likely N-dealkylation sites (tertiary alicyclic amines) is 1. The van der Waals surface area contributed by atoms with E-state index in [-0.39, 0.29) is 0 Å². The Morgan fingerprint density at radius 3 is 2.03 bits per heavy atom. The summed E-state index contributed by atoms with van der Waals surface area (Å²) in [5.41, 5.74) is 2.95. The molecule has 0 radical (unpaired) electrons. The first-order chi connectivity index (χ1) is 13.7. The van der Waals surface area contributed by atoms with Crippen LogP contribution in [0.3, 0.4) is 0 Å². The number of hydrogen-bond acceptors (Lipinski definition) is 3. The van der Waals surface area contributed by atoms with E-state index in [9.17, 15) is 14.9 Å². The Hall–Kier alpha value is -3.11. The lowest BCUT2D eigenvalue weighted by molar-refractivity contribution is 0.221. The predicted octanol–water partition coefficient (Wildman–Crippen LogP) is 6.00. The molecule has 0 aliphatic carbocycles. The van der Waals surface area contributed by atoms with E-state index in [0.717, 1.165) is 42.8 Å². The average Bonchev–Trinajstić information content (AvgIpc) is 2.72. The minimum atomic E-state index is -1.44. The van der Waals surface area contributed by atoms with E-state index in [4.69, 9.17) is 0 Å². The van der Waals surface area contributed by atoms with Gasteiger partial charge < -0.3 is 4.90 Å². The molecule has 2 aromatic rings. The summed E-state index contributed by atoms with van der Waals surface area (Å²) in [7, 11) is 0. The van der Waals surface area contributed by atoms with Crippen molar-refractivity contribution in [1.29, 1.82) is 10.5 Å². The number of benzene rings is 2. The molecule has 1 aliphatic heterocycles. The number of halogens is 1. The minimum Gasteiger partial charge on any atom is -0.372 e. The number of alkyl halides is 1. The molecule has 3 rings (SSSR count). The molecular formula is C25H26FN3. The first-order valence-electron chi connectivity index (χ1n) is 9.97. The summed E-state index contributed by atoms with van der Waals surface area (Å²) in [6, 6.07) is 15.0. The molecule has 1 saturated heterocycles. The standard InChI is InChI=1S/C25H26FN3/c1-17-9-11-29(12-10-17)18(2)20-13-21(15-27)24(22(14-20)16-28)19-5-7-23(8-6-19)25(3,4)26/h5-8,13-14,17H,2,9-12H2,1,3-4H3. The summed E-state index contributed by atoms with van der Waals surface area (Å²) in [5, 5.41) is 19.5. The van der Waals surface area contributed by atoms with Gasteiger partial charge in [0.2, 0.25) is 0 Å². The van der Waals surface area contributed by atoms with Crippen molar-refractivity contribution in [3.8, 4) is 23.3 Å². The Morgan fingerprint density at radius 1 is 1.07 bits per heavy atom. The summed E-state index contributed by atoms with van der Waals surface area (Å²) in [5.74, 6) is 0.711. The molecule has 29 heavy (non-hydrogen) atoms. The minimum absolute atomic E-state index is 0.429. The van der Waals surface area contributed by atoms with Crippen molar-refractivity contribution in [1.82, 2.24) is 4.90 Å². The second-order valence-corrected chi connectivity index (χ2v) is 8.34. The van der Waals surface area contributed by atoms with E-state index in [2.05, 4.69) is 30.5 Å². The van der Waals surface area contributed by atoms with E-state index in [0.29, 0.717) is 28.2 Å². The van der Waals surface area contributed by atoms with Gasteiger partial charge in [-0.25, -0.2) is 4.39 Å². The zero-order valence-corrected chi connectivity index (χ0v) is 17.3. The Balaban J connectivity index is 2.01. The zero-order valence-electron chi connectivity index (χ0n) is 17.3. The Kier molecular flexibility index (Phi) is 5.76. The lowest BCUT2D eigenvalue weighted by Crippen LogP contribution is -2.31. The molecule has 0 spiro atoms. The molecule has 0 saturated carbocycles. The van der Waals surface area contributed by atoms with Gasteiger partial charge in [-0.3, -0.25) is 0 Å². The van der Waals surface area contributed by atoms with Gasteiger partial charge in [0.15, 0.2) is 0 Å². The third kappa shape index (κ3) is 4.33. The quantitative estimate of drug-likeness (QED) is 0.646. The van der Waals surface area contributed by atoms with Crippen molar-refractivity contribution in [3.63, 3.8) is 0 Å². The highest BCUT2D eigenvalue weighted by Gasteiger charge is 2.22. The van der Waals surface area contributed by atoms with E-state index in [1.807, 2.05) is 12.1 Å². The summed E-state index contributed by atoms with van der Waals surface area (Å²) >= 11 is 0. The fourth-order valence-electron chi connectivity index (χ4n) is 3.79. The molecule has 0 amide bonds. The number of piperidine rings is 1. The maximum atomic E-state index is 14.2. The van der Waals surface area contributed by atoms with Crippen LogP contribution in [-0.2, 0) is 5.67 Å². The normalized spacial score (nSPS) is 14.9. The summed E-state index contributed by atoms with van der Waals surface area (Å²) < 4.78 is 14.2. The third-order valence-electron chi connectivity index (χ3n) is 5.74. The Morgan fingerprint density at radius 2 is 1.59 bits per heavy atom. The van der Waals surface area contributed by atoms with Gasteiger partial charge in [-0.2, -0.15) is 10.5 Å². The molecule has 148 valence electrons. The maximum absolute atomic E-state index is 14.2. The molecule has 0 N–H and O–H groups in total. The molecule has 2 aromatic carbocycles. The summed E-state index contributed by atoms with van der Waals surface area (Å²) in [6.45, 7) is 11.4. The van der Waals surface area contributed by atoms with Crippen molar-refractivity contribution in [2.24, 2.45) is 5.92 Å². The van der Waals surface area contributed by atoms with Crippen LogP contribution in [0.1, 0.15) is 55.9 Å². The van der Waals surface area contributed by atoms with E-state index in [1.165, 1.54) is 13.8 Å². The predicted molar refractivity (Wildman–Crippen MR) is 114 cm³/mol. The molecule has 0 unspecified atom stereocenters. The van der Waals surface area contributed by atoms with Crippen LogP contribution in [0.5, 0.6) is 0 Å². The largest absolute Gasteiger partial charge is 0.372 e. The number of hydrogen-bond donors (Lipinski definition) is 0. The highest BCUT2D eigenvalue weighted by Crippen LogP contribution is 2.34. The van der Waals surface area contributed by atoms with Crippen LogP contribution in [-0.4, -0.2) is 18.0 Å². The van der Waals surface area contributed by atoms with Crippen LogP contribution < -0.4 is 0 Å². The lowest BCUT2D eigenvalue weighted by atomic mass is 9.90. The topological polar surface area (TPSA) is 50.8 Å². The molecule has 0 atom stereocenters. The molecule has 4 heteroatoms. The highest BCUT2D eigenvalue weighted by atomic mass is 19.1. The fourth-order valence-corrected chi connectivity index (χ4v) is 3.79. The van der Waals surface area contributed by atoms with E-state index >= 15 is 0 Å². The summed E-state index contributed by atoms with van der Waals surface area (Å²) in [6.07, 6.45) is 2.23. The first kappa shape index (κ1) is 20.6. The van der Waals surface area contributed by atoms with Crippen LogP contribution in [0, 0.1) is 28.6 Å². The molecule has 1 heterocycles. The first-order valence-corrected chi connectivity index (χ1v) is 9.97. The molecule has 1 aliphatic rings. The van der Waals surface area contributed by atoms with Gasteiger partial charge in [0.05, 0.1) is 23.3 Å². The second-order valence-electron chi connectivity index (χ2n) is 8.34. The second kappa shape index (κ2) is 8.10. The van der Waals surface area contributed by atoms with Crippen molar-refractivity contribution in [3.05, 3.63) is 65.2 Å². The van der Waals surface area contributed by atoms with E-state index < -0.39 is 5.67 Å². The van der Waals surface area contributed by atoms with Gasteiger partial charge in [0.25, 0.3) is 0 Å². The maximum Gasteiger partial charge on any atom is 0.130 e. The van der Waals surface area contributed by atoms with Crippen LogP contribution in [0.4, 0.5) is 4.39 Å². The highest BCUT2D eigenvalue weighted by molar-refractivity contribution is 5.80. The van der Waals surface area contributed by atoms with E-state index in [1.54, 1.807) is 24.3 Å². The third-order valence-corrected chi connectivity index (χ3v) is 5.74. The Bertz CT molecular complexity index is 957. The lowest BCUT2D eigenvalue weighted by Gasteiger charge is -2.33. The average molecular weight is 388 g/mol. The number of nitriles is 2. The number of rotatable bonds is 4. The van der Waals surface area contributed by atoms with Crippen LogP contribution in [0.15, 0.2) is 43.0 Å². The van der Waals surface area contributed by atoms with Crippen LogP contribution in [0.2, 0.25) is 0 Å². The van der Waals surface area contributed by atoms with Gasteiger partial charge in [0, 0.05) is 24.4 Å². The molecule has 0 bridgehead atoms. The van der Waals surface area contributed by atoms with Crippen molar-refractivity contribution in [2.45, 2.75) is 39.3 Å². The van der Waals surface area contributed by atoms with Crippen LogP contribution >= 0.6 is 0 Å². The van der Waals surface area contributed by atoms with Gasteiger partial charge in [-0.05, 0) is 61.4 Å².